The van der Waals surface area contributed by atoms with E-state index in [4.69, 9.17) is 17.3 Å². The number of pyridine rings is 3. The molecule has 12 heteroatoms. The monoisotopic (exact) mass is 483 g/mol. The number of benzene rings is 1. The number of nitrogens with one attached hydrogen (secondary N) is 2. The molecule has 0 aliphatic carbocycles. The third-order valence-electron chi connectivity index (χ3n) is 4.53. The third-order valence-corrected chi connectivity index (χ3v) is 5.41. The molecule has 0 unspecified atom stereocenters. The highest BCUT2D eigenvalue weighted by atomic mass is 35.5. The second-order valence-corrected chi connectivity index (χ2v) is 9.16. The van der Waals surface area contributed by atoms with E-state index in [2.05, 4.69) is 31.1 Å². The van der Waals surface area contributed by atoms with Gasteiger partial charge in [0, 0.05) is 23.6 Å². The molecular weight excluding hydrogens is 469 g/mol. The van der Waals surface area contributed by atoms with Gasteiger partial charge in [-0.1, -0.05) is 11.6 Å². The predicted molar refractivity (Wildman–Crippen MR) is 125 cm³/mol. The van der Waals surface area contributed by atoms with Gasteiger partial charge in [0.15, 0.2) is 0 Å². The predicted octanol–water partition coefficient (Wildman–Crippen LogP) is 4.05. The highest BCUT2D eigenvalue weighted by molar-refractivity contribution is 7.92. The van der Waals surface area contributed by atoms with Gasteiger partial charge in [-0.25, -0.2) is 22.8 Å². The summed E-state index contributed by atoms with van der Waals surface area (Å²) in [4.78, 5) is 12.9. The van der Waals surface area contributed by atoms with Crippen LogP contribution in [0.15, 0.2) is 48.8 Å². The fraction of sp³-hybridized carbons (Fsp3) is 0.0476. The van der Waals surface area contributed by atoms with Crippen molar-refractivity contribution in [3.8, 4) is 17.3 Å². The summed E-state index contributed by atoms with van der Waals surface area (Å²) in [6.07, 6.45) is 3.85. The molecule has 0 spiro atoms. The Hall–Kier alpha value is -4.01. The fourth-order valence-electron chi connectivity index (χ4n) is 3.05. The lowest BCUT2D eigenvalue weighted by molar-refractivity contribution is 0.607. The number of rotatable bonds is 5. The van der Waals surface area contributed by atoms with E-state index in [-0.39, 0.29) is 22.1 Å². The van der Waals surface area contributed by atoms with Gasteiger partial charge in [0.1, 0.15) is 23.2 Å². The van der Waals surface area contributed by atoms with E-state index in [0.29, 0.717) is 33.7 Å². The quantitative estimate of drug-likeness (QED) is 0.385. The minimum absolute atomic E-state index is 0.00828. The molecule has 4 aromatic rings. The van der Waals surface area contributed by atoms with Crippen molar-refractivity contribution in [3.05, 3.63) is 65.2 Å². The number of sulfonamides is 1. The minimum Gasteiger partial charge on any atom is -0.382 e. The molecule has 4 N–H and O–H groups in total. The van der Waals surface area contributed by atoms with Gasteiger partial charge >= 0.3 is 0 Å². The number of hydrogen-bond donors (Lipinski definition) is 3. The van der Waals surface area contributed by atoms with Gasteiger partial charge in [-0.05, 0) is 36.4 Å². The first kappa shape index (κ1) is 22.2. The van der Waals surface area contributed by atoms with Gasteiger partial charge in [-0.15, -0.1) is 0 Å². The number of anilines is 4. The molecule has 0 fully saturated rings. The lowest BCUT2D eigenvalue weighted by Crippen LogP contribution is -2.12. The van der Waals surface area contributed by atoms with E-state index in [1.54, 1.807) is 12.1 Å². The Labute approximate surface area is 193 Å². The number of nitrogens with two attached hydrogens (primary N) is 1. The maximum atomic E-state index is 13.5. The number of nitriles is 1. The van der Waals surface area contributed by atoms with E-state index >= 15 is 0 Å². The topological polar surface area (TPSA) is 147 Å². The number of fused-ring (bicyclic) bond motifs is 1. The summed E-state index contributed by atoms with van der Waals surface area (Å²) in [6, 6.07) is 11.0. The third kappa shape index (κ3) is 4.77. The standard InChI is InChI=1S/C21H15ClFN7O2S/c1-33(31,32)30-18-6-11(9-27-21(18)25)16-4-5-17-20(29-16)19(12(8-24)10-26-17)28-13-2-3-15(23)14(22)7-13/h2-7,9-10,30H,1H3,(H2,25,27)(H,26,28). The number of aromatic nitrogens is 3. The van der Waals surface area contributed by atoms with Gasteiger partial charge < -0.3 is 11.1 Å². The first-order valence-corrected chi connectivity index (χ1v) is 11.6. The van der Waals surface area contributed by atoms with Crippen molar-refractivity contribution in [2.75, 3.05) is 22.0 Å². The molecule has 9 nitrogen and oxygen atoms in total. The molecule has 0 atom stereocenters. The van der Waals surface area contributed by atoms with Crippen LogP contribution in [-0.4, -0.2) is 29.6 Å². The Morgan fingerprint density at radius 1 is 1.15 bits per heavy atom. The Bertz CT molecular complexity index is 1550. The summed E-state index contributed by atoms with van der Waals surface area (Å²) >= 11 is 5.88. The van der Waals surface area contributed by atoms with Crippen molar-refractivity contribution in [3.63, 3.8) is 0 Å². The molecule has 3 aromatic heterocycles. The Morgan fingerprint density at radius 2 is 1.94 bits per heavy atom. The molecular formula is C21H15ClFN7O2S. The summed E-state index contributed by atoms with van der Waals surface area (Å²) in [5.74, 6) is -0.564. The second-order valence-electron chi connectivity index (χ2n) is 7.01. The van der Waals surface area contributed by atoms with Gasteiger partial charge in [-0.2, -0.15) is 5.26 Å². The van der Waals surface area contributed by atoms with E-state index in [1.807, 2.05) is 0 Å². The van der Waals surface area contributed by atoms with Crippen molar-refractivity contribution < 1.29 is 12.8 Å². The Balaban J connectivity index is 1.85. The number of nitrogens with zero attached hydrogens (tertiary/aromatic N) is 4. The van der Waals surface area contributed by atoms with Crippen LogP contribution in [-0.2, 0) is 10.0 Å². The van der Waals surface area contributed by atoms with Crippen molar-refractivity contribution in [2.45, 2.75) is 0 Å². The molecule has 0 saturated heterocycles. The summed E-state index contributed by atoms with van der Waals surface area (Å²) in [7, 11) is -3.57. The first-order chi connectivity index (χ1) is 15.6. The highest BCUT2D eigenvalue weighted by Crippen LogP contribution is 2.32. The van der Waals surface area contributed by atoms with Crippen LogP contribution in [0.5, 0.6) is 0 Å². The van der Waals surface area contributed by atoms with E-state index < -0.39 is 15.8 Å². The van der Waals surface area contributed by atoms with Crippen LogP contribution in [0, 0.1) is 17.1 Å². The SMILES string of the molecule is CS(=O)(=O)Nc1cc(-c2ccc3ncc(C#N)c(Nc4ccc(F)c(Cl)c4)c3n2)cnc1N. The molecule has 166 valence electrons. The molecule has 33 heavy (non-hydrogen) atoms. The summed E-state index contributed by atoms with van der Waals surface area (Å²) in [6.45, 7) is 0. The summed E-state index contributed by atoms with van der Waals surface area (Å²) in [5.41, 5.74) is 8.68. The first-order valence-electron chi connectivity index (χ1n) is 9.30. The van der Waals surface area contributed by atoms with Crippen molar-refractivity contribution in [1.82, 2.24) is 15.0 Å². The van der Waals surface area contributed by atoms with Gasteiger partial charge in [-0.3, -0.25) is 9.71 Å². The van der Waals surface area contributed by atoms with Crippen LogP contribution in [0.4, 0.5) is 27.3 Å². The van der Waals surface area contributed by atoms with E-state index in [9.17, 15) is 18.1 Å². The van der Waals surface area contributed by atoms with Crippen molar-refractivity contribution in [1.29, 1.82) is 5.26 Å². The molecule has 3 heterocycles. The van der Waals surface area contributed by atoms with Gasteiger partial charge in [0.2, 0.25) is 10.0 Å². The maximum Gasteiger partial charge on any atom is 0.229 e. The van der Waals surface area contributed by atoms with Crippen LogP contribution < -0.4 is 15.8 Å². The van der Waals surface area contributed by atoms with E-state index in [0.717, 1.165) is 6.26 Å². The molecule has 0 amide bonds. The van der Waals surface area contributed by atoms with Crippen LogP contribution in [0.25, 0.3) is 22.3 Å². The fourth-order valence-corrected chi connectivity index (χ4v) is 3.80. The second kappa shape index (κ2) is 8.50. The highest BCUT2D eigenvalue weighted by Gasteiger charge is 2.15. The number of halogens is 2. The van der Waals surface area contributed by atoms with Gasteiger partial charge in [0.25, 0.3) is 0 Å². The Kier molecular flexibility index (Phi) is 5.71. The van der Waals surface area contributed by atoms with Crippen molar-refractivity contribution in [2.24, 2.45) is 0 Å². The zero-order valence-electron chi connectivity index (χ0n) is 17.0. The molecule has 0 bridgehead atoms. The zero-order valence-corrected chi connectivity index (χ0v) is 18.5. The zero-order chi connectivity index (χ0) is 23.8. The van der Waals surface area contributed by atoms with Crippen LogP contribution >= 0.6 is 11.6 Å². The maximum absolute atomic E-state index is 13.5. The molecule has 4 rings (SSSR count). The lowest BCUT2D eigenvalue weighted by atomic mass is 10.1. The van der Waals surface area contributed by atoms with Crippen LogP contribution in [0.2, 0.25) is 5.02 Å². The molecule has 0 aliphatic heterocycles. The minimum atomic E-state index is -3.57. The Morgan fingerprint density at radius 3 is 2.64 bits per heavy atom. The van der Waals surface area contributed by atoms with Crippen LogP contribution in [0.1, 0.15) is 5.56 Å². The van der Waals surface area contributed by atoms with E-state index in [1.165, 1.54) is 36.7 Å². The van der Waals surface area contributed by atoms with Crippen LogP contribution in [0.3, 0.4) is 0 Å². The molecule has 1 aromatic carbocycles. The average Bonchev–Trinajstić information content (AvgIpc) is 2.77. The molecule has 0 radical (unpaired) electrons. The largest absolute Gasteiger partial charge is 0.382 e. The smallest absolute Gasteiger partial charge is 0.229 e. The summed E-state index contributed by atoms with van der Waals surface area (Å²) < 4.78 is 39.1. The van der Waals surface area contributed by atoms with Gasteiger partial charge in [0.05, 0.1) is 39.4 Å². The lowest BCUT2D eigenvalue weighted by Gasteiger charge is -2.13. The molecule has 0 saturated carbocycles. The number of nitrogen functional groups attached to an aromatic ring is 1. The normalized spacial score (nSPS) is 11.2. The molecule has 0 aliphatic rings. The number of hydrogen-bond acceptors (Lipinski definition) is 8. The van der Waals surface area contributed by atoms with Crippen molar-refractivity contribution >= 4 is 55.5 Å². The average molecular weight is 484 g/mol. The summed E-state index contributed by atoms with van der Waals surface area (Å²) in [5, 5.41) is 12.6.